The molecule has 0 fully saturated rings. The minimum atomic E-state index is -4.49. The van der Waals surface area contributed by atoms with Crippen molar-refractivity contribution in [2.24, 2.45) is 0 Å². The van der Waals surface area contributed by atoms with Crippen molar-refractivity contribution in [3.8, 4) is 0 Å². The van der Waals surface area contributed by atoms with Gasteiger partial charge in [-0.05, 0) is 30.3 Å². The van der Waals surface area contributed by atoms with Crippen LogP contribution in [0.1, 0.15) is 11.3 Å². The number of nitrogens with zero attached hydrogens (tertiary/aromatic N) is 1. The fourth-order valence-electron chi connectivity index (χ4n) is 1.53. The Morgan fingerprint density at radius 3 is 2.53 bits per heavy atom. The summed E-state index contributed by atoms with van der Waals surface area (Å²) in [5, 5.41) is 2.60. The Hall–Kier alpha value is -2.11. The van der Waals surface area contributed by atoms with Gasteiger partial charge in [0.15, 0.2) is 0 Å². The lowest BCUT2D eigenvalue weighted by Gasteiger charge is -2.11. The van der Waals surface area contributed by atoms with Crippen LogP contribution in [0.3, 0.4) is 0 Å². The van der Waals surface area contributed by atoms with Crippen LogP contribution in [0, 0.1) is 5.82 Å². The highest BCUT2D eigenvalue weighted by molar-refractivity contribution is 5.48. The molecule has 0 spiro atoms. The molecule has 0 amide bonds. The number of benzene rings is 1. The molecule has 0 aliphatic carbocycles. The second kappa shape index (κ2) is 5.26. The first-order chi connectivity index (χ1) is 8.97. The molecular formula is C13H10F4N2. The maximum atomic E-state index is 13.4. The number of nitrogens with one attached hydrogen (secondary N) is 1. The van der Waals surface area contributed by atoms with Crippen LogP contribution in [0.5, 0.6) is 0 Å². The summed E-state index contributed by atoms with van der Waals surface area (Å²) in [4.78, 5) is 3.99. The predicted molar refractivity (Wildman–Crippen MR) is 63.0 cm³/mol. The van der Waals surface area contributed by atoms with Gasteiger partial charge in [0.05, 0.1) is 23.5 Å². The second-order valence-electron chi connectivity index (χ2n) is 3.87. The van der Waals surface area contributed by atoms with Crippen molar-refractivity contribution in [3.05, 3.63) is 59.7 Å². The minimum Gasteiger partial charge on any atom is -0.377 e. The Morgan fingerprint density at radius 1 is 1.11 bits per heavy atom. The summed E-state index contributed by atoms with van der Waals surface area (Å²) in [5.41, 5.74) is -0.475. The van der Waals surface area contributed by atoms with E-state index < -0.39 is 17.6 Å². The normalized spacial score (nSPS) is 11.4. The second-order valence-corrected chi connectivity index (χ2v) is 3.87. The van der Waals surface area contributed by atoms with Crippen molar-refractivity contribution in [2.45, 2.75) is 12.7 Å². The quantitative estimate of drug-likeness (QED) is 0.857. The van der Waals surface area contributed by atoms with E-state index in [0.717, 1.165) is 12.1 Å². The maximum absolute atomic E-state index is 13.4. The molecule has 19 heavy (non-hydrogen) atoms. The van der Waals surface area contributed by atoms with E-state index in [0.29, 0.717) is 11.8 Å². The molecule has 100 valence electrons. The van der Waals surface area contributed by atoms with Crippen molar-refractivity contribution in [3.63, 3.8) is 0 Å². The molecule has 2 rings (SSSR count). The summed E-state index contributed by atoms with van der Waals surface area (Å²) in [7, 11) is 0. The van der Waals surface area contributed by atoms with Crippen LogP contribution in [0.25, 0.3) is 0 Å². The van der Waals surface area contributed by atoms with Crippen molar-refractivity contribution < 1.29 is 17.6 Å². The van der Waals surface area contributed by atoms with Crippen molar-refractivity contribution >= 4 is 5.69 Å². The Kier molecular flexibility index (Phi) is 3.69. The molecule has 0 unspecified atom stereocenters. The molecule has 0 saturated heterocycles. The van der Waals surface area contributed by atoms with Gasteiger partial charge in [-0.15, -0.1) is 0 Å². The molecule has 0 aliphatic heterocycles. The van der Waals surface area contributed by atoms with E-state index in [1.54, 1.807) is 24.4 Å². The molecule has 0 bridgehead atoms. The number of pyridine rings is 1. The van der Waals surface area contributed by atoms with Crippen molar-refractivity contribution in [1.82, 2.24) is 4.98 Å². The van der Waals surface area contributed by atoms with Crippen LogP contribution in [-0.4, -0.2) is 4.98 Å². The summed E-state index contributed by atoms with van der Waals surface area (Å²) < 4.78 is 50.9. The van der Waals surface area contributed by atoms with Gasteiger partial charge in [-0.1, -0.05) is 6.07 Å². The average Bonchev–Trinajstić information content (AvgIpc) is 2.37. The van der Waals surface area contributed by atoms with Gasteiger partial charge >= 0.3 is 6.18 Å². The molecule has 1 aromatic carbocycles. The number of anilines is 1. The standard InChI is InChI=1S/C13H10F4N2/c14-11-5-4-9(13(15,16)17)7-12(11)19-8-10-3-1-2-6-18-10/h1-7,19H,8H2. The first-order valence-corrected chi connectivity index (χ1v) is 5.47. The number of hydrogen-bond donors (Lipinski definition) is 1. The highest BCUT2D eigenvalue weighted by Gasteiger charge is 2.31. The summed E-state index contributed by atoms with van der Waals surface area (Å²) in [5.74, 6) is -0.732. The molecular weight excluding hydrogens is 260 g/mol. The smallest absolute Gasteiger partial charge is 0.377 e. The Balaban J connectivity index is 2.16. The zero-order chi connectivity index (χ0) is 13.9. The summed E-state index contributed by atoms with van der Waals surface area (Å²) >= 11 is 0. The van der Waals surface area contributed by atoms with Crippen LogP contribution >= 0.6 is 0 Å². The highest BCUT2D eigenvalue weighted by Crippen LogP contribution is 2.31. The summed E-state index contributed by atoms with van der Waals surface area (Å²) in [6, 6.07) is 7.41. The number of rotatable bonds is 3. The predicted octanol–water partition coefficient (Wildman–Crippen LogP) is 3.85. The molecule has 2 aromatic rings. The molecule has 0 saturated carbocycles. The monoisotopic (exact) mass is 270 g/mol. The lowest BCUT2D eigenvalue weighted by Crippen LogP contribution is -2.08. The molecule has 1 aromatic heterocycles. The van der Waals surface area contributed by atoms with Crippen LogP contribution in [0.15, 0.2) is 42.6 Å². The lowest BCUT2D eigenvalue weighted by atomic mass is 10.2. The Morgan fingerprint density at radius 2 is 1.89 bits per heavy atom. The van der Waals surface area contributed by atoms with Gasteiger partial charge in [0.25, 0.3) is 0 Å². The number of halogens is 4. The third kappa shape index (κ3) is 3.43. The first-order valence-electron chi connectivity index (χ1n) is 5.47. The third-order valence-electron chi connectivity index (χ3n) is 2.48. The zero-order valence-corrected chi connectivity index (χ0v) is 9.71. The number of alkyl halides is 3. The molecule has 0 radical (unpaired) electrons. The van der Waals surface area contributed by atoms with Gasteiger partial charge in [0, 0.05) is 6.20 Å². The fourth-order valence-corrected chi connectivity index (χ4v) is 1.53. The first kappa shape index (κ1) is 13.3. The van der Waals surface area contributed by atoms with E-state index in [9.17, 15) is 17.6 Å². The van der Waals surface area contributed by atoms with E-state index in [4.69, 9.17) is 0 Å². The van der Waals surface area contributed by atoms with E-state index >= 15 is 0 Å². The molecule has 1 heterocycles. The van der Waals surface area contributed by atoms with Crippen LogP contribution < -0.4 is 5.32 Å². The van der Waals surface area contributed by atoms with Crippen molar-refractivity contribution in [1.29, 1.82) is 0 Å². The molecule has 0 atom stereocenters. The minimum absolute atomic E-state index is 0.152. The van der Waals surface area contributed by atoms with Crippen LogP contribution in [0.2, 0.25) is 0 Å². The zero-order valence-electron chi connectivity index (χ0n) is 9.71. The fraction of sp³-hybridized carbons (Fsp3) is 0.154. The van der Waals surface area contributed by atoms with Gasteiger partial charge in [-0.3, -0.25) is 4.98 Å². The Bertz CT molecular complexity index is 552. The van der Waals surface area contributed by atoms with E-state index in [1.807, 2.05) is 0 Å². The van der Waals surface area contributed by atoms with Gasteiger partial charge < -0.3 is 5.32 Å². The molecule has 1 N–H and O–H groups in total. The summed E-state index contributed by atoms with van der Waals surface area (Å²) in [6.45, 7) is 0.152. The lowest BCUT2D eigenvalue weighted by molar-refractivity contribution is -0.137. The van der Waals surface area contributed by atoms with E-state index in [-0.39, 0.29) is 12.2 Å². The average molecular weight is 270 g/mol. The van der Waals surface area contributed by atoms with E-state index in [2.05, 4.69) is 10.3 Å². The molecule has 6 heteroatoms. The molecule has 0 aliphatic rings. The van der Waals surface area contributed by atoms with Gasteiger partial charge in [0.2, 0.25) is 0 Å². The largest absolute Gasteiger partial charge is 0.416 e. The maximum Gasteiger partial charge on any atom is 0.416 e. The number of aromatic nitrogens is 1. The van der Waals surface area contributed by atoms with Crippen molar-refractivity contribution in [2.75, 3.05) is 5.32 Å². The Labute approximate surface area is 107 Å². The highest BCUT2D eigenvalue weighted by atomic mass is 19.4. The topological polar surface area (TPSA) is 24.9 Å². The number of hydrogen-bond acceptors (Lipinski definition) is 2. The third-order valence-corrected chi connectivity index (χ3v) is 2.48. The van der Waals surface area contributed by atoms with Gasteiger partial charge in [-0.25, -0.2) is 4.39 Å². The van der Waals surface area contributed by atoms with Gasteiger partial charge in [0.1, 0.15) is 5.82 Å². The van der Waals surface area contributed by atoms with E-state index in [1.165, 1.54) is 0 Å². The van der Waals surface area contributed by atoms with Crippen LogP contribution in [0.4, 0.5) is 23.2 Å². The molecule has 2 nitrogen and oxygen atoms in total. The van der Waals surface area contributed by atoms with Gasteiger partial charge in [-0.2, -0.15) is 13.2 Å². The van der Waals surface area contributed by atoms with Crippen LogP contribution in [-0.2, 0) is 12.7 Å². The summed E-state index contributed by atoms with van der Waals surface area (Å²) in [6.07, 6.45) is -2.94. The SMILES string of the molecule is Fc1ccc(C(F)(F)F)cc1NCc1ccccn1.